The maximum atomic E-state index is 9.29. The van der Waals surface area contributed by atoms with Crippen LogP contribution in [0.3, 0.4) is 0 Å². The van der Waals surface area contributed by atoms with Crippen LogP contribution in [0.1, 0.15) is 5.56 Å². The van der Waals surface area contributed by atoms with Gasteiger partial charge in [0.25, 0.3) is 0 Å². The van der Waals surface area contributed by atoms with Crippen molar-refractivity contribution in [1.29, 1.82) is 5.26 Å². The number of aromatic nitrogens is 1. The first-order valence-corrected chi connectivity index (χ1v) is 5.97. The van der Waals surface area contributed by atoms with E-state index in [1.165, 1.54) is 0 Å². The number of rotatable bonds is 2. The Bertz CT molecular complexity index is 764. The molecule has 0 amide bonds. The third-order valence-corrected chi connectivity index (χ3v) is 3.21. The molecule has 3 heteroatoms. The second-order valence-electron chi connectivity index (χ2n) is 4.30. The van der Waals surface area contributed by atoms with Crippen LogP contribution in [-0.2, 0) is 0 Å². The SMILES string of the molecule is COc1ccc(-c2cc3cc[nH]c3cc2C#N)cc1. The van der Waals surface area contributed by atoms with Gasteiger partial charge in [0.2, 0.25) is 0 Å². The van der Waals surface area contributed by atoms with Crippen LogP contribution in [0.4, 0.5) is 0 Å². The van der Waals surface area contributed by atoms with Crippen molar-refractivity contribution in [3.8, 4) is 22.9 Å². The van der Waals surface area contributed by atoms with Gasteiger partial charge in [0.15, 0.2) is 0 Å². The summed E-state index contributed by atoms with van der Waals surface area (Å²) in [6, 6.07) is 15.9. The lowest BCUT2D eigenvalue weighted by Crippen LogP contribution is -1.86. The number of nitrogens with zero attached hydrogens (tertiary/aromatic N) is 1. The number of nitrogens with one attached hydrogen (secondary N) is 1. The average Bonchev–Trinajstić information content (AvgIpc) is 2.93. The largest absolute Gasteiger partial charge is 0.497 e. The summed E-state index contributed by atoms with van der Waals surface area (Å²) in [5, 5.41) is 10.4. The fourth-order valence-corrected chi connectivity index (χ4v) is 2.20. The van der Waals surface area contributed by atoms with Gasteiger partial charge in [0.1, 0.15) is 5.75 Å². The Morgan fingerprint density at radius 3 is 2.58 bits per heavy atom. The van der Waals surface area contributed by atoms with Crippen molar-refractivity contribution >= 4 is 10.9 Å². The number of hydrogen-bond acceptors (Lipinski definition) is 2. The van der Waals surface area contributed by atoms with E-state index < -0.39 is 0 Å². The zero-order valence-corrected chi connectivity index (χ0v) is 10.5. The molecule has 3 aromatic rings. The first-order valence-electron chi connectivity index (χ1n) is 5.97. The van der Waals surface area contributed by atoms with E-state index in [9.17, 15) is 5.26 Å². The van der Waals surface area contributed by atoms with Crippen LogP contribution in [0.25, 0.3) is 22.0 Å². The van der Waals surface area contributed by atoms with Gasteiger partial charge >= 0.3 is 0 Å². The minimum atomic E-state index is 0.667. The third kappa shape index (κ3) is 1.94. The summed E-state index contributed by atoms with van der Waals surface area (Å²) in [4.78, 5) is 3.12. The highest BCUT2D eigenvalue weighted by Crippen LogP contribution is 2.29. The van der Waals surface area contributed by atoms with E-state index in [1.807, 2.05) is 48.7 Å². The van der Waals surface area contributed by atoms with Crippen molar-refractivity contribution in [2.45, 2.75) is 0 Å². The van der Waals surface area contributed by atoms with Crippen molar-refractivity contribution in [3.63, 3.8) is 0 Å². The summed E-state index contributed by atoms with van der Waals surface area (Å²) in [6.45, 7) is 0. The smallest absolute Gasteiger partial charge is 0.118 e. The van der Waals surface area contributed by atoms with Crippen LogP contribution in [-0.4, -0.2) is 12.1 Å². The quantitative estimate of drug-likeness (QED) is 0.751. The van der Waals surface area contributed by atoms with Gasteiger partial charge in [-0.1, -0.05) is 12.1 Å². The number of benzene rings is 2. The lowest BCUT2D eigenvalue weighted by molar-refractivity contribution is 0.415. The van der Waals surface area contributed by atoms with Crippen LogP contribution in [0, 0.1) is 11.3 Å². The Morgan fingerprint density at radius 1 is 1.11 bits per heavy atom. The van der Waals surface area contributed by atoms with Crippen LogP contribution in [0.2, 0.25) is 0 Å². The minimum Gasteiger partial charge on any atom is -0.497 e. The normalized spacial score (nSPS) is 10.3. The fourth-order valence-electron chi connectivity index (χ4n) is 2.20. The monoisotopic (exact) mass is 248 g/mol. The summed E-state index contributed by atoms with van der Waals surface area (Å²) < 4.78 is 5.15. The molecule has 1 aromatic heterocycles. The van der Waals surface area contributed by atoms with E-state index in [0.717, 1.165) is 27.8 Å². The van der Waals surface area contributed by atoms with Gasteiger partial charge in [-0.3, -0.25) is 0 Å². The molecule has 0 saturated heterocycles. The molecule has 3 nitrogen and oxygen atoms in total. The van der Waals surface area contributed by atoms with Crippen molar-refractivity contribution in [2.75, 3.05) is 7.11 Å². The summed E-state index contributed by atoms with van der Waals surface area (Å²) in [5.74, 6) is 0.810. The van der Waals surface area contributed by atoms with E-state index >= 15 is 0 Å². The second kappa shape index (κ2) is 4.51. The van der Waals surface area contributed by atoms with E-state index in [1.54, 1.807) is 7.11 Å². The first kappa shape index (κ1) is 11.4. The number of ether oxygens (including phenoxy) is 1. The van der Waals surface area contributed by atoms with E-state index in [0.29, 0.717) is 5.56 Å². The van der Waals surface area contributed by atoms with Crippen LogP contribution in [0.5, 0.6) is 5.75 Å². The Labute approximate surface area is 111 Å². The predicted octanol–water partition coefficient (Wildman–Crippen LogP) is 3.72. The van der Waals surface area contributed by atoms with Crippen molar-refractivity contribution in [1.82, 2.24) is 4.98 Å². The molecular formula is C16H12N2O. The molecule has 92 valence electrons. The highest BCUT2D eigenvalue weighted by atomic mass is 16.5. The number of nitriles is 1. The Hall–Kier alpha value is -2.73. The number of hydrogen-bond donors (Lipinski definition) is 1. The highest BCUT2D eigenvalue weighted by molar-refractivity contribution is 5.88. The Balaban J connectivity index is 2.19. The van der Waals surface area contributed by atoms with Gasteiger partial charge in [-0.25, -0.2) is 0 Å². The molecular weight excluding hydrogens is 236 g/mol. The fraction of sp³-hybridized carbons (Fsp3) is 0.0625. The summed E-state index contributed by atoms with van der Waals surface area (Å²) in [6.07, 6.45) is 1.88. The molecule has 0 saturated carbocycles. The Morgan fingerprint density at radius 2 is 1.89 bits per heavy atom. The third-order valence-electron chi connectivity index (χ3n) is 3.21. The molecule has 0 fully saturated rings. The standard InChI is InChI=1S/C16H12N2O/c1-19-14-4-2-11(3-5-14)15-8-12-6-7-18-16(12)9-13(15)10-17/h2-9,18H,1H3. The Kier molecular flexibility index (Phi) is 2.70. The molecule has 1 heterocycles. The topological polar surface area (TPSA) is 48.8 Å². The molecule has 0 radical (unpaired) electrons. The van der Waals surface area contributed by atoms with Gasteiger partial charge < -0.3 is 9.72 Å². The van der Waals surface area contributed by atoms with Gasteiger partial charge in [-0.15, -0.1) is 0 Å². The molecule has 2 aromatic carbocycles. The number of aromatic amines is 1. The van der Waals surface area contributed by atoms with Crippen molar-refractivity contribution < 1.29 is 4.74 Å². The molecule has 3 rings (SSSR count). The maximum Gasteiger partial charge on any atom is 0.118 e. The molecule has 0 atom stereocenters. The van der Waals surface area contributed by atoms with Crippen LogP contribution < -0.4 is 4.74 Å². The highest BCUT2D eigenvalue weighted by Gasteiger charge is 2.08. The van der Waals surface area contributed by atoms with Gasteiger partial charge in [-0.2, -0.15) is 5.26 Å². The number of H-pyrrole nitrogens is 1. The minimum absolute atomic E-state index is 0.667. The molecule has 0 spiro atoms. The van der Waals surface area contributed by atoms with Crippen LogP contribution in [0.15, 0.2) is 48.7 Å². The van der Waals surface area contributed by atoms with E-state index in [-0.39, 0.29) is 0 Å². The number of methoxy groups -OCH3 is 1. The average molecular weight is 248 g/mol. The second-order valence-corrected chi connectivity index (χ2v) is 4.30. The van der Waals surface area contributed by atoms with Crippen molar-refractivity contribution in [2.24, 2.45) is 0 Å². The van der Waals surface area contributed by atoms with Gasteiger partial charge in [-0.05, 0) is 35.9 Å². The predicted molar refractivity (Wildman–Crippen MR) is 75.0 cm³/mol. The molecule has 19 heavy (non-hydrogen) atoms. The molecule has 0 aliphatic rings. The molecule has 0 bridgehead atoms. The summed E-state index contributed by atoms with van der Waals surface area (Å²) in [5.41, 5.74) is 3.60. The molecule has 0 aliphatic heterocycles. The maximum absolute atomic E-state index is 9.29. The number of fused-ring (bicyclic) bond motifs is 1. The van der Waals surface area contributed by atoms with Crippen molar-refractivity contribution in [3.05, 3.63) is 54.2 Å². The lowest BCUT2D eigenvalue weighted by Gasteiger charge is -2.06. The molecule has 0 aliphatic carbocycles. The molecule has 0 unspecified atom stereocenters. The summed E-state index contributed by atoms with van der Waals surface area (Å²) in [7, 11) is 1.64. The van der Waals surface area contributed by atoms with E-state index in [4.69, 9.17) is 4.74 Å². The van der Waals surface area contributed by atoms with E-state index in [2.05, 4.69) is 11.1 Å². The zero-order valence-electron chi connectivity index (χ0n) is 10.5. The molecule has 1 N–H and O–H groups in total. The van der Waals surface area contributed by atoms with Gasteiger partial charge in [0, 0.05) is 22.7 Å². The van der Waals surface area contributed by atoms with Gasteiger partial charge in [0.05, 0.1) is 18.7 Å². The summed E-state index contributed by atoms with van der Waals surface area (Å²) >= 11 is 0. The zero-order chi connectivity index (χ0) is 13.2. The first-order chi connectivity index (χ1) is 9.31. The lowest BCUT2D eigenvalue weighted by atomic mass is 9.98. The van der Waals surface area contributed by atoms with Crippen LogP contribution >= 0.6 is 0 Å².